The Balaban J connectivity index is 1.74. The lowest BCUT2D eigenvalue weighted by atomic mass is 9.95. The molecule has 0 bridgehead atoms. The maximum absolute atomic E-state index is 14.4. The van der Waals surface area contributed by atoms with Crippen molar-refractivity contribution in [3.8, 4) is 0 Å². The van der Waals surface area contributed by atoms with E-state index in [1.165, 1.54) is 11.0 Å². The average Bonchev–Trinajstić information content (AvgIpc) is 3.27. The Morgan fingerprint density at radius 3 is 2.78 bits per heavy atom. The number of hydrogen-bond donors (Lipinski definition) is 1. The van der Waals surface area contributed by atoms with E-state index in [4.69, 9.17) is 4.42 Å². The van der Waals surface area contributed by atoms with E-state index in [1.54, 1.807) is 47.6 Å². The molecule has 0 fully saturated rings. The summed E-state index contributed by atoms with van der Waals surface area (Å²) in [4.78, 5) is 28.8. The van der Waals surface area contributed by atoms with Crippen LogP contribution in [-0.4, -0.2) is 34.8 Å². The van der Waals surface area contributed by atoms with Gasteiger partial charge in [0.1, 0.15) is 11.6 Å². The van der Waals surface area contributed by atoms with E-state index in [0.29, 0.717) is 17.0 Å². The smallest absolute Gasteiger partial charge is 0.322 e. The van der Waals surface area contributed by atoms with Crippen LogP contribution < -0.4 is 5.32 Å². The van der Waals surface area contributed by atoms with Crippen LogP contribution >= 0.6 is 0 Å². The number of benzene rings is 1. The van der Waals surface area contributed by atoms with Gasteiger partial charge in [0.15, 0.2) is 0 Å². The van der Waals surface area contributed by atoms with Crippen LogP contribution in [0.5, 0.6) is 0 Å². The Labute approximate surface area is 155 Å². The van der Waals surface area contributed by atoms with Crippen molar-refractivity contribution in [1.29, 1.82) is 0 Å². The van der Waals surface area contributed by atoms with E-state index in [1.807, 2.05) is 0 Å². The highest BCUT2D eigenvalue weighted by Crippen LogP contribution is 2.37. The van der Waals surface area contributed by atoms with Gasteiger partial charge < -0.3 is 14.6 Å². The molecule has 2 aliphatic heterocycles. The predicted molar refractivity (Wildman–Crippen MR) is 95.7 cm³/mol. The Bertz CT molecular complexity index is 936. The molecule has 2 aromatic rings. The first kappa shape index (κ1) is 17.1. The van der Waals surface area contributed by atoms with E-state index >= 15 is 0 Å². The number of carbonyl (C=O) groups is 2. The van der Waals surface area contributed by atoms with Crippen LogP contribution in [0, 0.1) is 5.82 Å². The molecule has 138 valence electrons. The molecule has 3 heterocycles. The molecule has 0 aliphatic carbocycles. The summed E-state index contributed by atoms with van der Waals surface area (Å²) in [5.41, 5.74) is 1.22. The van der Waals surface area contributed by atoms with Crippen molar-refractivity contribution in [3.05, 3.63) is 83.7 Å². The largest absolute Gasteiger partial charge is 0.467 e. The molecule has 7 heteroatoms. The number of hydrogen-bond acceptors (Lipinski definition) is 3. The fourth-order valence-electron chi connectivity index (χ4n) is 3.53. The molecule has 27 heavy (non-hydrogen) atoms. The van der Waals surface area contributed by atoms with Gasteiger partial charge in [-0.25, -0.2) is 9.18 Å². The van der Waals surface area contributed by atoms with E-state index < -0.39 is 11.9 Å². The van der Waals surface area contributed by atoms with Crippen LogP contribution in [0.3, 0.4) is 0 Å². The molecule has 1 atom stereocenters. The van der Waals surface area contributed by atoms with Gasteiger partial charge in [-0.15, -0.1) is 6.58 Å². The van der Waals surface area contributed by atoms with Crippen molar-refractivity contribution in [2.24, 2.45) is 0 Å². The number of carbonyl (C=O) groups excluding carboxylic acids is 2. The second kappa shape index (κ2) is 6.75. The lowest BCUT2D eigenvalue weighted by molar-refractivity contribution is -0.126. The molecular formula is C20H18FN3O3. The van der Waals surface area contributed by atoms with Gasteiger partial charge in [-0.2, -0.15) is 0 Å². The lowest BCUT2D eigenvalue weighted by Gasteiger charge is -2.33. The van der Waals surface area contributed by atoms with Crippen molar-refractivity contribution in [3.63, 3.8) is 0 Å². The summed E-state index contributed by atoms with van der Waals surface area (Å²) in [5, 5.41) is 2.76. The van der Waals surface area contributed by atoms with Crippen LogP contribution in [-0.2, 0) is 11.3 Å². The minimum absolute atomic E-state index is 0.247. The van der Waals surface area contributed by atoms with E-state index in [2.05, 4.69) is 11.9 Å². The third-order valence-electron chi connectivity index (χ3n) is 4.75. The zero-order valence-corrected chi connectivity index (χ0v) is 14.5. The molecule has 2 aliphatic rings. The van der Waals surface area contributed by atoms with Crippen LogP contribution in [0.4, 0.5) is 9.18 Å². The molecule has 3 amide bonds. The first-order chi connectivity index (χ1) is 13.1. The van der Waals surface area contributed by atoms with Gasteiger partial charge in [0.05, 0.1) is 36.7 Å². The van der Waals surface area contributed by atoms with Gasteiger partial charge in [0, 0.05) is 12.1 Å². The minimum Gasteiger partial charge on any atom is -0.467 e. The summed E-state index contributed by atoms with van der Waals surface area (Å²) >= 11 is 0. The fourth-order valence-corrected chi connectivity index (χ4v) is 3.53. The van der Waals surface area contributed by atoms with Crippen molar-refractivity contribution in [2.75, 3.05) is 13.1 Å². The minimum atomic E-state index is -0.830. The molecule has 1 aromatic heterocycles. The van der Waals surface area contributed by atoms with Gasteiger partial charge in [-0.05, 0) is 18.2 Å². The first-order valence-electron chi connectivity index (χ1n) is 8.58. The molecule has 6 nitrogen and oxygen atoms in total. The van der Waals surface area contributed by atoms with Gasteiger partial charge in [0.25, 0.3) is 5.91 Å². The van der Waals surface area contributed by atoms with Gasteiger partial charge in [-0.1, -0.05) is 24.3 Å². The highest BCUT2D eigenvalue weighted by atomic mass is 19.1. The standard InChI is InChI=1S/C20H18FN3O3/c1-2-9-24-16-12-23(11-13-6-5-10-27-13)19(25)17(16)18(22-20(24)26)14-7-3-4-8-15(14)21/h2-8,10,18H,1,9,11-12H2,(H,22,26)/t18-/m0/s1. The molecule has 0 unspecified atom stereocenters. The number of nitrogens with one attached hydrogen (secondary N) is 1. The maximum atomic E-state index is 14.4. The van der Waals surface area contributed by atoms with E-state index in [9.17, 15) is 14.0 Å². The molecule has 0 saturated heterocycles. The van der Waals surface area contributed by atoms with Crippen molar-refractivity contribution in [1.82, 2.24) is 15.1 Å². The average molecular weight is 367 g/mol. The summed E-state index contributed by atoms with van der Waals surface area (Å²) in [6.07, 6.45) is 3.13. The second-order valence-electron chi connectivity index (χ2n) is 6.40. The van der Waals surface area contributed by atoms with Crippen LogP contribution in [0.25, 0.3) is 0 Å². The van der Waals surface area contributed by atoms with Crippen LogP contribution in [0.15, 0.2) is 71.0 Å². The van der Waals surface area contributed by atoms with Crippen molar-refractivity contribution < 1.29 is 18.4 Å². The van der Waals surface area contributed by atoms with Crippen LogP contribution in [0.1, 0.15) is 17.4 Å². The monoisotopic (exact) mass is 367 g/mol. The van der Waals surface area contributed by atoms with Gasteiger partial charge >= 0.3 is 6.03 Å². The number of nitrogens with zero attached hydrogens (tertiary/aromatic N) is 2. The second-order valence-corrected chi connectivity index (χ2v) is 6.40. The molecule has 4 rings (SSSR count). The summed E-state index contributed by atoms with van der Waals surface area (Å²) in [6, 6.07) is 8.47. The first-order valence-corrected chi connectivity index (χ1v) is 8.58. The lowest BCUT2D eigenvalue weighted by Crippen LogP contribution is -2.47. The SMILES string of the molecule is C=CCN1C(=O)N[C@@H](c2ccccc2F)C2=C1CN(Cc1ccco1)C2=O. The highest BCUT2D eigenvalue weighted by molar-refractivity contribution is 6.01. The summed E-state index contributed by atoms with van der Waals surface area (Å²) in [6.45, 7) is 4.46. The topological polar surface area (TPSA) is 65.8 Å². The third-order valence-corrected chi connectivity index (χ3v) is 4.75. The summed E-state index contributed by atoms with van der Waals surface area (Å²) in [7, 11) is 0. The number of amides is 3. The fraction of sp³-hybridized carbons (Fsp3) is 0.200. The normalized spacial score (nSPS) is 19.4. The van der Waals surface area contributed by atoms with Crippen LogP contribution in [0.2, 0.25) is 0 Å². The Kier molecular flexibility index (Phi) is 4.27. The molecule has 0 spiro atoms. The molecule has 0 radical (unpaired) electrons. The Morgan fingerprint density at radius 1 is 1.26 bits per heavy atom. The molecular weight excluding hydrogens is 349 g/mol. The highest BCUT2D eigenvalue weighted by Gasteiger charge is 2.44. The summed E-state index contributed by atoms with van der Waals surface area (Å²) in [5.74, 6) is -0.0759. The van der Waals surface area contributed by atoms with E-state index in [-0.39, 0.29) is 37.1 Å². The Morgan fingerprint density at radius 2 is 2.07 bits per heavy atom. The number of urea groups is 1. The number of halogens is 1. The number of furan rings is 1. The Hall–Kier alpha value is -3.35. The zero-order valence-electron chi connectivity index (χ0n) is 14.5. The zero-order chi connectivity index (χ0) is 19.0. The van der Waals surface area contributed by atoms with Gasteiger partial charge in [-0.3, -0.25) is 9.69 Å². The van der Waals surface area contributed by atoms with Crippen molar-refractivity contribution >= 4 is 11.9 Å². The number of rotatable bonds is 5. The third kappa shape index (κ3) is 2.91. The van der Waals surface area contributed by atoms with E-state index in [0.717, 1.165) is 0 Å². The quantitative estimate of drug-likeness (QED) is 0.827. The van der Waals surface area contributed by atoms with Gasteiger partial charge in [0.2, 0.25) is 0 Å². The molecule has 1 aromatic carbocycles. The van der Waals surface area contributed by atoms with Crippen molar-refractivity contribution in [2.45, 2.75) is 12.6 Å². The maximum Gasteiger partial charge on any atom is 0.322 e. The molecule has 1 N–H and O–H groups in total. The summed E-state index contributed by atoms with van der Waals surface area (Å²) < 4.78 is 19.7. The molecule has 0 saturated carbocycles. The predicted octanol–water partition coefficient (Wildman–Crippen LogP) is 2.97.